The minimum Gasteiger partial charge on any atom is -0.598 e. The van der Waals surface area contributed by atoms with Crippen LogP contribution in [0.1, 0.15) is 39.2 Å². The van der Waals surface area contributed by atoms with E-state index >= 15 is 0 Å². The second-order valence-corrected chi connectivity index (χ2v) is 10.5. The molecule has 3 atom stereocenters. The predicted octanol–water partition coefficient (Wildman–Crippen LogP) is 3.92. The molecule has 1 N–H and O–H groups in total. The molecule has 4 rings (SSSR count). The number of benzene rings is 1. The van der Waals surface area contributed by atoms with E-state index in [1.54, 1.807) is 25.7 Å². The van der Waals surface area contributed by atoms with Crippen molar-refractivity contribution in [2.75, 3.05) is 6.26 Å². The number of halogens is 3. The molecular weight excluding hydrogens is 454 g/mol. The van der Waals surface area contributed by atoms with Crippen LogP contribution in [0.4, 0.5) is 13.6 Å². The summed E-state index contributed by atoms with van der Waals surface area (Å²) in [5.41, 5.74) is -0.508. The molecule has 0 radical (unpaired) electrons. The summed E-state index contributed by atoms with van der Waals surface area (Å²) >= 11 is 1.73. The lowest BCUT2D eigenvalue weighted by molar-refractivity contribution is -0.0652. The standard InChI is InChI=1S/C19H25BrF2N2O3S/c1-19(2,3)27-18(25)24-13-6-11(7-13)17(23-28(4)26)15(24)8-10-5-12(21)9-14(20)16(10)22/h5,9,11,13,15,17,23H,6-8H2,1-4H3/t11?,13?,15-,17-,28?/m0/s1. The minimum absolute atomic E-state index is 0.00625. The van der Waals surface area contributed by atoms with Gasteiger partial charge in [0.05, 0.1) is 16.6 Å². The smallest absolute Gasteiger partial charge is 0.410 e. The molecule has 2 aliphatic heterocycles. The van der Waals surface area contributed by atoms with Gasteiger partial charge in [-0.15, -0.1) is 4.72 Å². The average Bonchev–Trinajstić information content (AvgIpc) is 2.49. The lowest BCUT2D eigenvalue weighted by Gasteiger charge is -2.57. The number of piperidine rings is 2. The summed E-state index contributed by atoms with van der Waals surface area (Å²) in [7, 11) is 0. The molecule has 2 heterocycles. The van der Waals surface area contributed by atoms with E-state index in [0.29, 0.717) is 0 Å². The predicted molar refractivity (Wildman–Crippen MR) is 107 cm³/mol. The van der Waals surface area contributed by atoms with E-state index in [1.165, 1.54) is 6.26 Å². The number of nitrogens with one attached hydrogen (secondary N) is 1. The van der Waals surface area contributed by atoms with E-state index < -0.39 is 40.7 Å². The first-order chi connectivity index (χ1) is 13.0. The summed E-state index contributed by atoms with van der Waals surface area (Å²) < 4.78 is 49.0. The summed E-state index contributed by atoms with van der Waals surface area (Å²) in [5, 5.41) is 0. The third kappa shape index (κ3) is 4.63. The van der Waals surface area contributed by atoms with E-state index in [9.17, 15) is 18.1 Å². The van der Waals surface area contributed by atoms with Crippen LogP contribution < -0.4 is 4.72 Å². The molecule has 3 aliphatic rings. The van der Waals surface area contributed by atoms with Gasteiger partial charge in [0.1, 0.15) is 23.5 Å². The van der Waals surface area contributed by atoms with Crippen LogP contribution in [0, 0.1) is 17.6 Å². The molecular formula is C19H25BrF2N2O3S. The number of fused-ring (bicyclic) bond motifs is 2. The van der Waals surface area contributed by atoms with Crippen molar-refractivity contribution in [1.82, 2.24) is 9.62 Å². The Morgan fingerprint density at radius 2 is 2.04 bits per heavy atom. The van der Waals surface area contributed by atoms with Crippen LogP contribution in [0.3, 0.4) is 0 Å². The molecule has 0 spiro atoms. The maximum Gasteiger partial charge on any atom is 0.410 e. The molecule has 1 aliphatic carbocycles. The fourth-order valence-corrected chi connectivity index (χ4v) is 5.29. The van der Waals surface area contributed by atoms with Crippen LogP contribution in [0.5, 0.6) is 0 Å². The number of rotatable bonds is 4. The molecule has 3 fully saturated rings. The van der Waals surface area contributed by atoms with E-state index in [2.05, 4.69) is 20.7 Å². The number of amides is 1. The first kappa shape index (κ1) is 21.8. The highest BCUT2D eigenvalue weighted by atomic mass is 79.9. The zero-order valence-corrected chi connectivity index (χ0v) is 18.7. The lowest BCUT2D eigenvalue weighted by atomic mass is 9.67. The summed E-state index contributed by atoms with van der Waals surface area (Å²) in [6.45, 7) is 5.36. The fraction of sp³-hybridized carbons (Fsp3) is 0.632. The van der Waals surface area contributed by atoms with E-state index in [0.717, 1.165) is 25.0 Å². The van der Waals surface area contributed by atoms with E-state index in [1.807, 2.05) is 0 Å². The van der Waals surface area contributed by atoms with Crippen LogP contribution in [0.2, 0.25) is 0 Å². The topological polar surface area (TPSA) is 64.6 Å². The molecule has 2 bridgehead atoms. The molecule has 0 aromatic heterocycles. The van der Waals surface area contributed by atoms with Gasteiger partial charge in [-0.3, -0.25) is 0 Å². The number of nitrogens with zero attached hydrogens (tertiary/aromatic N) is 1. The minimum atomic E-state index is -1.31. The van der Waals surface area contributed by atoms with Gasteiger partial charge < -0.3 is 14.2 Å². The molecule has 1 saturated carbocycles. The number of carbonyl (C=O) groups excluding carboxylic acids is 1. The van der Waals surface area contributed by atoms with Crippen molar-refractivity contribution in [2.45, 2.75) is 63.8 Å². The van der Waals surface area contributed by atoms with Gasteiger partial charge >= 0.3 is 6.09 Å². The Kier molecular flexibility index (Phi) is 6.29. The summed E-state index contributed by atoms with van der Waals surface area (Å²) in [6.07, 6.45) is 2.70. The largest absolute Gasteiger partial charge is 0.598 e. The molecule has 9 heteroatoms. The Bertz CT molecular complexity index is 753. The van der Waals surface area contributed by atoms with Crippen molar-refractivity contribution in [3.63, 3.8) is 0 Å². The fourth-order valence-electron chi connectivity index (χ4n) is 4.08. The Labute approximate surface area is 175 Å². The summed E-state index contributed by atoms with van der Waals surface area (Å²) in [5.74, 6) is -0.879. The number of hydrogen-bond donors (Lipinski definition) is 1. The second kappa shape index (κ2) is 8.08. The third-order valence-corrected chi connectivity index (χ3v) is 6.41. The highest BCUT2D eigenvalue weighted by Gasteiger charge is 2.54. The number of hydrogen-bond acceptors (Lipinski definition) is 4. The molecule has 1 aromatic carbocycles. The van der Waals surface area contributed by atoms with Crippen LogP contribution in [0.25, 0.3) is 0 Å². The van der Waals surface area contributed by atoms with Gasteiger partial charge in [0.2, 0.25) is 0 Å². The highest BCUT2D eigenvalue weighted by molar-refractivity contribution is 9.10. The van der Waals surface area contributed by atoms with Gasteiger partial charge in [-0.25, -0.2) is 13.6 Å². The lowest BCUT2D eigenvalue weighted by Crippen LogP contribution is -2.70. The van der Waals surface area contributed by atoms with Crippen molar-refractivity contribution >= 4 is 33.4 Å². The van der Waals surface area contributed by atoms with Crippen molar-refractivity contribution in [3.05, 3.63) is 33.8 Å². The van der Waals surface area contributed by atoms with Gasteiger partial charge in [0, 0.05) is 17.4 Å². The zero-order chi connectivity index (χ0) is 20.8. The van der Waals surface area contributed by atoms with Crippen LogP contribution in [-0.2, 0) is 22.5 Å². The maximum atomic E-state index is 14.6. The Balaban J connectivity index is 1.94. The van der Waals surface area contributed by atoms with Gasteiger partial charge in [-0.05, 0) is 79.6 Å². The summed E-state index contributed by atoms with van der Waals surface area (Å²) in [4.78, 5) is 14.6. The zero-order valence-electron chi connectivity index (χ0n) is 16.3. The molecule has 5 nitrogen and oxygen atoms in total. The van der Waals surface area contributed by atoms with Gasteiger partial charge in [-0.1, -0.05) is 0 Å². The Hall–Kier alpha value is -0.900. The molecule has 28 heavy (non-hydrogen) atoms. The third-order valence-electron chi connectivity index (χ3n) is 5.23. The summed E-state index contributed by atoms with van der Waals surface area (Å²) in [6, 6.07) is 1.44. The van der Waals surface area contributed by atoms with Crippen molar-refractivity contribution < 1.29 is 22.9 Å². The quantitative estimate of drug-likeness (QED) is 0.526. The van der Waals surface area contributed by atoms with E-state index in [-0.39, 0.29) is 34.5 Å². The first-order valence-electron chi connectivity index (χ1n) is 9.20. The average molecular weight is 479 g/mol. The van der Waals surface area contributed by atoms with Gasteiger partial charge in [0.25, 0.3) is 0 Å². The number of ether oxygens (including phenoxy) is 1. The molecule has 1 aromatic rings. The normalized spacial score (nSPS) is 27.9. The molecule has 156 valence electrons. The number of carbonyl (C=O) groups is 1. The van der Waals surface area contributed by atoms with Crippen molar-refractivity contribution in [1.29, 1.82) is 0 Å². The van der Waals surface area contributed by atoms with Crippen LogP contribution in [-0.4, -0.2) is 45.5 Å². The monoisotopic (exact) mass is 478 g/mol. The molecule has 2 saturated heterocycles. The molecule has 1 amide bonds. The Morgan fingerprint density at radius 3 is 2.61 bits per heavy atom. The molecule has 1 unspecified atom stereocenters. The maximum absolute atomic E-state index is 14.6. The SMILES string of the molecule is C[S+]([O-])N[C@H]1C2CC(C2)N(C(=O)OC(C)(C)C)[C@H]1Cc1cc(F)cc(Br)c1F. The van der Waals surface area contributed by atoms with Crippen LogP contribution >= 0.6 is 15.9 Å². The van der Waals surface area contributed by atoms with Gasteiger partial charge in [0.15, 0.2) is 0 Å². The van der Waals surface area contributed by atoms with Crippen molar-refractivity contribution in [2.24, 2.45) is 5.92 Å². The van der Waals surface area contributed by atoms with E-state index in [4.69, 9.17) is 4.74 Å². The second-order valence-electron chi connectivity index (χ2n) is 8.50. The van der Waals surface area contributed by atoms with Crippen molar-refractivity contribution in [3.8, 4) is 0 Å². The first-order valence-corrected chi connectivity index (χ1v) is 11.6. The Morgan fingerprint density at radius 1 is 1.39 bits per heavy atom. The highest BCUT2D eigenvalue weighted by Crippen LogP contribution is 2.45. The van der Waals surface area contributed by atoms with Gasteiger partial charge in [-0.2, -0.15) is 0 Å². The van der Waals surface area contributed by atoms with Crippen LogP contribution in [0.15, 0.2) is 16.6 Å².